The van der Waals surface area contributed by atoms with E-state index >= 15 is 0 Å². The van der Waals surface area contributed by atoms with Gasteiger partial charge in [0.1, 0.15) is 11.5 Å². The highest BCUT2D eigenvalue weighted by Crippen LogP contribution is 2.17. The zero-order chi connectivity index (χ0) is 24.5. The molecule has 0 saturated heterocycles. The van der Waals surface area contributed by atoms with E-state index in [4.69, 9.17) is 4.74 Å². The molecule has 0 heterocycles. The third-order valence-corrected chi connectivity index (χ3v) is 4.99. The number of ketones is 2. The summed E-state index contributed by atoms with van der Waals surface area (Å²) in [5, 5.41) is 14.5. The van der Waals surface area contributed by atoms with E-state index < -0.39 is 5.91 Å². The van der Waals surface area contributed by atoms with Gasteiger partial charge in [-0.25, -0.2) is 0 Å². The molecular weight excluding hydrogens is 436 g/mol. The van der Waals surface area contributed by atoms with Crippen molar-refractivity contribution in [2.24, 2.45) is 0 Å². The molecule has 0 atom stereocenters. The molecule has 0 spiro atoms. The summed E-state index contributed by atoms with van der Waals surface area (Å²) in [6.45, 7) is -0.281. The number of carbonyl (C=O) groups excluding carboxylic acids is 4. The molecule has 0 aliphatic heterocycles. The SMILES string of the molecule is CNC(=O)c1ccccc1NC(=O)COc1ccc(C(=O)CCC(=O)c2ccc(O)cc2)cc1. The first-order valence-corrected chi connectivity index (χ1v) is 10.6. The largest absolute Gasteiger partial charge is 0.508 e. The van der Waals surface area contributed by atoms with Crippen molar-refractivity contribution in [1.29, 1.82) is 0 Å². The summed E-state index contributed by atoms with van der Waals surface area (Å²) in [5.41, 5.74) is 1.57. The highest BCUT2D eigenvalue weighted by Gasteiger charge is 2.13. The highest BCUT2D eigenvalue weighted by molar-refractivity contribution is 6.04. The van der Waals surface area contributed by atoms with Crippen LogP contribution in [0, 0.1) is 0 Å². The monoisotopic (exact) mass is 460 g/mol. The molecule has 0 fully saturated rings. The van der Waals surface area contributed by atoms with Crippen LogP contribution in [0.15, 0.2) is 72.8 Å². The Morgan fingerprint density at radius 2 is 1.35 bits per heavy atom. The fraction of sp³-hybridized carbons (Fsp3) is 0.154. The average molecular weight is 460 g/mol. The number of phenols is 1. The van der Waals surface area contributed by atoms with Gasteiger partial charge in [-0.15, -0.1) is 0 Å². The second kappa shape index (κ2) is 11.4. The molecule has 3 N–H and O–H groups in total. The quantitative estimate of drug-likeness (QED) is 0.397. The molecular formula is C26H24N2O6. The number of anilines is 1. The number of aromatic hydroxyl groups is 1. The van der Waals surface area contributed by atoms with Gasteiger partial charge in [0, 0.05) is 31.0 Å². The molecule has 0 saturated carbocycles. The molecule has 174 valence electrons. The number of carbonyl (C=O) groups is 4. The van der Waals surface area contributed by atoms with Gasteiger partial charge in [-0.1, -0.05) is 12.1 Å². The Hall–Kier alpha value is -4.46. The molecule has 8 heteroatoms. The van der Waals surface area contributed by atoms with Crippen molar-refractivity contribution in [3.63, 3.8) is 0 Å². The Labute approximate surface area is 196 Å². The number of benzene rings is 3. The third kappa shape index (κ3) is 6.52. The van der Waals surface area contributed by atoms with Crippen LogP contribution in [0.2, 0.25) is 0 Å². The van der Waals surface area contributed by atoms with Gasteiger partial charge >= 0.3 is 0 Å². The summed E-state index contributed by atoms with van der Waals surface area (Å²) in [4.78, 5) is 48.7. The maximum atomic E-state index is 12.4. The molecule has 0 aliphatic rings. The van der Waals surface area contributed by atoms with Gasteiger partial charge in [-0.2, -0.15) is 0 Å². The second-order valence-electron chi connectivity index (χ2n) is 7.38. The summed E-state index contributed by atoms with van der Waals surface area (Å²) in [5.74, 6) is -0.668. The fourth-order valence-electron chi connectivity index (χ4n) is 3.16. The summed E-state index contributed by atoms with van der Waals surface area (Å²) < 4.78 is 5.47. The van der Waals surface area contributed by atoms with Crippen LogP contribution < -0.4 is 15.4 Å². The van der Waals surface area contributed by atoms with E-state index in [0.29, 0.717) is 28.1 Å². The van der Waals surface area contributed by atoms with Crippen LogP contribution in [0.3, 0.4) is 0 Å². The van der Waals surface area contributed by atoms with Crippen molar-refractivity contribution in [2.75, 3.05) is 19.0 Å². The Kier molecular flexibility index (Phi) is 8.12. The number of rotatable bonds is 10. The number of phenolic OH excluding ortho intramolecular Hbond substituents is 1. The summed E-state index contributed by atoms with van der Waals surface area (Å²) in [6.07, 6.45) is 0.104. The van der Waals surface area contributed by atoms with Gasteiger partial charge in [0.2, 0.25) is 0 Å². The second-order valence-corrected chi connectivity index (χ2v) is 7.38. The Bertz CT molecular complexity index is 1190. The molecule has 2 amide bonds. The van der Waals surface area contributed by atoms with Gasteiger partial charge in [-0.05, 0) is 60.7 Å². The predicted molar refractivity (Wildman–Crippen MR) is 126 cm³/mol. The Morgan fingerprint density at radius 3 is 1.94 bits per heavy atom. The van der Waals surface area contributed by atoms with Crippen molar-refractivity contribution in [2.45, 2.75) is 12.8 Å². The van der Waals surface area contributed by atoms with E-state index in [1.165, 1.54) is 31.3 Å². The molecule has 3 aromatic carbocycles. The Morgan fingerprint density at radius 1 is 0.794 bits per heavy atom. The maximum absolute atomic E-state index is 12.4. The minimum Gasteiger partial charge on any atom is -0.508 e. The topological polar surface area (TPSA) is 122 Å². The average Bonchev–Trinajstić information content (AvgIpc) is 2.86. The van der Waals surface area contributed by atoms with E-state index in [1.807, 2.05) is 0 Å². The predicted octanol–water partition coefficient (Wildman–Crippen LogP) is 3.62. The lowest BCUT2D eigenvalue weighted by molar-refractivity contribution is -0.118. The fourth-order valence-corrected chi connectivity index (χ4v) is 3.16. The summed E-state index contributed by atoms with van der Waals surface area (Å²) in [6, 6.07) is 18.8. The standard InChI is InChI=1S/C26H24N2O6/c1-27-26(33)21-4-2-3-5-22(21)28-25(32)16-34-20-12-8-18(9-13-20)24(31)15-14-23(30)17-6-10-19(29)11-7-17/h2-13,29H,14-16H2,1H3,(H,27,33)(H,28,32). The lowest BCUT2D eigenvalue weighted by Crippen LogP contribution is -2.24. The molecule has 0 aliphatic carbocycles. The van der Waals surface area contributed by atoms with Crippen molar-refractivity contribution in [1.82, 2.24) is 5.32 Å². The van der Waals surface area contributed by atoms with Crippen LogP contribution in [0.25, 0.3) is 0 Å². The van der Waals surface area contributed by atoms with Gasteiger partial charge in [0.25, 0.3) is 11.8 Å². The number of para-hydroxylation sites is 1. The first-order valence-electron chi connectivity index (χ1n) is 10.6. The van der Waals surface area contributed by atoms with Crippen molar-refractivity contribution < 1.29 is 29.0 Å². The number of Topliss-reactive ketones (excluding diaryl/α,β-unsaturated/α-hetero) is 2. The number of hydrogen-bond acceptors (Lipinski definition) is 6. The zero-order valence-electron chi connectivity index (χ0n) is 18.5. The first-order chi connectivity index (χ1) is 16.4. The molecule has 0 radical (unpaired) electrons. The highest BCUT2D eigenvalue weighted by atomic mass is 16.5. The van der Waals surface area contributed by atoms with Crippen molar-refractivity contribution in [3.8, 4) is 11.5 Å². The minimum atomic E-state index is -0.441. The number of nitrogens with one attached hydrogen (secondary N) is 2. The van der Waals surface area contributed by atoms with Gasteiger partial charge in [-0.3, -0.25) is 19.2 Å². The van der Waals surface area contributed by atoms with Gasteiger partial charge in [0.15, 0.2) is 18.2 Å². The molecule has 3 rings (SSSR count). The van der Waals surface area contributed by atoms with Crippen LogP contribution in [0.5, 0.6) is 11.5 Å². The number of amides is 2. The lowest BCUT2D eigenvalue weighted by atomic mass is 10.0. The zero-order valence-corrected chi connectivity index (χ0v) is 18.5. The summed E-state index contributed by atoms with van der Waals surface area (Å²) in [7, 11) is 1.51. The molecule has 8 nitrogen and oxygen atoms in total. The van der Waals surface area contributed by atoms with Crippen molar-refractivity contribution in [3.05, 3.63) is 89.5 Å². The molecule has 3 aromatic rings. The van der Waals surface area contributed by atoms with Gasteiger partial charge < -0.3 is 20.5 Å². The number of ether oxygens (including phenoxy) is 1. The molecule has 0 bridgehead atoms. The third-order valence-electron chi connectivity index (χ3n) is 4.99. The Balaban J connectivity index is 1.49. The number of hydrogen-bond donors (Lipinski definition) is 3. The van der Waals surface area contributed by atoms with Crippen molar-refractivity contribution >= 4 is 29.1 Å². The minimum absolute atomic E-state index is 0.0487. The van der Waals surface area contributed by atoms with E-state index in [0.717, 1.165) is 0 Å². The van der Waals surface area contributed by atoms with Gasteiger partial charge in [0.05, 0.1) is 11.3 Å². The van der Waals surface area contributed by atoms with E-state index in [2.05, 4.69) is 10.6 Å². The summed E-state index contributed by atoms with van der Waals surface area (Å²) >= 11 is 0. The first kappa shape index (κ1) is 24.2. The van der Waals surface area contributed by atoms with Crippen LogP contribution in [-0.2, 0) is 4.79 Å². The van der Waals surface area contributed by atoms with E-state index in [1.54, 1.807) is 48.5 Å². The van der Waals surface area contributed by atoms with E-state index in [-0.39, 0.29) is 42.7 Å². The molecule has 34 heavy (non-hydrogen) atoms. The normalized spacial score (nSPS) is 10.3. The van der Waals surface area contributed by atoms with Crippen LogP contribution >= 0.6 is 0 Å². The van der Waals surface area contributed by atoms with Crippen LogP contribution in [0.4, 0.5) is 5.69 Å². The lowest BCUT2D eigenvalue weighted by Gasteiger charge is -2.11. The maximum Gasteiger partial charge on any atom is 0.262 e. The van der Waals surface area contributed by atoms with E-state index in [9.17, 15) is 24.3 Å². The smallest absolute Gasteiger partial charge is 0.262 e. The van der Waals surface area contributed by atoms with Crippen LogP contribution in [-0.4, -0.2) is 42.1 Å². The van der Waals surface area contributed by atoms with Crippen LogP contribution in [0.1, 0.15) is 43.9 Å². The molecule has 0 aromatic heterocycles. The molecule has 0 unspecified atom stereocenters.